The van der Waals surface area contributed by atoms with Gasteiger partial charge >= 0.3 is 0 Å². The van der Waals surface area contributed by atoms with Crippen molar-refractivity contribution in [3.63, 3.8) is 0 Å². The molecular formula is C20H20FN3O2. The molecule has 6 heteroatoms. The number of hydrogen-bond donors (Lipinski definition) is 1. The van der Waals surface area contributed by atoms with E-state index in [1.807, 2.05) is 30.3 Å². The predicted molar refractivity (Wildman–Crippen MR) is 97.5 cm³/mol. The van der Waals surface area contributed by atoms with Crippen LogP contribution in [0.3, 0.4) is 0 Å². The Morgan fingerprint density at radius 3 is 2.69 bits per heavy atom. The SMILES string of the molecule is O=C(CCCOc1ccccc1F)Nc1cnn(Cc2ccccc2)c1. The third-order valence-corrected chi connectivity index (χ3v) is 3.75. The molecule has 0 aliphatic heterocycles. The fourth-order valence-corrected chi connectivity index (χ4v) is 2.49. The van der Waals surface area contributed by atoms with E-state index >= 15 is 0 Å². The number of aromatic nitrogens is 2. The Morgan fingerprint density at radius 2 is 1.88 bits per heavy atom. The molecule has 0 saturated heterocycles. The topological polar surface area (TPSA) is 56.1 Å². The molecule has 1 aromatic heterocycles. The van der Waals surface area contributed by atoms with Gasteiger partial charge in [0.1, 0.15) is 0 Å². The van der Waals surface area contributed by atoms with Crippen LogP contribution in [0.25, 0.3) is 0 Å². The number of halogens is 1. The lowest BCUT2D eigenvalue weighted by atomic mass is 10.2. The summed E-state index contributed by atoms with van der Waals surface area (Å²) in [7, 11) is 0. The van der Waals surface area contributed by atoms with Crippen LogP contribution in [0.5, 0.6) is 5.75 Å². The van der Waals surface area contributed by atoms with Crippen molar-refractivity contribution in [3.05, 3.63) is 78.4 Å². The smallest absolute Gasteiger partial charge is 0.224 e. The van der Waals surface area contributed by atoms with Crippen molar-refractivity contribution in [2.45, 2.75) is 19.4 Å². The lowest BCUT2D eigenvalue weighted by molar-refractivity contribution is -0.116. The molecule has 134 valence electrons. The molecule has 0 aliphatic rings. The zero-order chi connectivity index (χ0) is 18.2. The highest BCUT2D eigenvalue weighted by atomic mass is 19.1. The Balaban J connectivity index is 1.40. The summed E-state index contributed by atoms with van der Waals surface area (Å²) in [4.78, 5) is 12.0. The molecule has 1 heterocycles. The van der Waals surface area contributed by atoms with E-state index in [4.69, 9.17) is 4.74 Å². The molecule has 0 spiro atoms. The molecule has 0 unspecified atom stereocenters. The summed E-state index contributed by atoms with van der Waals surface area (Å²) >= 11 is 0. The summed E-state index contributed by atoms with van der Waals surface area (Å²) in [6.07, 6.45) is 4.20. The fraction of sp³-hybridized carbons (Fsp3) is 0.200. The van der Waals surface area contributed by atoms with Gasteiger partial charge in [0.15, 0.2) is 11.6 Å². The summed E-state index contributed by atoms with van der Waals surface area (Å²) in [5.74, 6) is -0.320. The zero-order valence-electron chi connectivity index (χ0n) is 14.3. The van der Waals surface area contributed by atoms with E-state index in [0.717, 1.165) is 5.56 Å². The Labute approximate surface area is 151 Å². The molecule has 5 nitrogen and oxygen atoms in total. The average Bonchev–Trinajstić information content (AvgIpc) is 3.07. The van der Waals surface area contributed by atoms with Gasteiger partial charge in [0.25, 0.3) is 0 Å². The van der Waals surface area contributed by atoms with Crippen molar-refractivity contribution in [2.75, 3.05) is 11.9 Å². The molecule has 1 N–H and O–H groups in total. The van der Waals surface area contributed by atoms with Gasteiger partial charge in [-0.05, 0) is 24.1 Å². The summed E-state index contributed by atoms with van der Waals surface area (Å²) in [6.45, 7) is 0.925. The molecule has 3 aromatic rings. The Morgan fingerprint density at radius 1 is 1.12 bits per heavy atom. The molecule has 0 bridgehead atoms. The number of hydrogen-bond acceptors (Lipinski definition) is 3. The number of nitrogens with zero attached hydrogens (tertiary/aromatic N) is 2. The molecule has 3 rings (SSSR count). The quantitative estimate of drug-likeness (QED) is 0.626. The van der Waals surface area contributed by atoms with Crippen molar-refractivity contribution in [2.24, 2.45) is 0 Å². The molecule has 0 aliphatic carbocycles. The highest BCUT2D eigenvalue weighted by molar-refractivity contribution is 5.90. The summed E-state index contributed by atoms with van der Waals surface area (Å²) in [6, 6.07) is 16.2. The van der Waals surface area contributed by atoms with Crippen LogP contribution < -0.4 is 10.1 Å². The summed E-state index contributed by atoms with van der Waals surface area (Å²) in [5.41, 5.74) is 1.79. The van der Waals surface area contributed by atoms with Crippen molar-refractivity contribution < 1.29 is 13.9 Å². The number of amides is 1. The van der Waals surface area contributed by atoms with Crippen molar-refractivity contribution in [1.82, 2.24) is 9.78 Å². The third-order valence-electron chi connectivity index (χ3n) is 3.75. The van der Waals surface area contributed by atoms with E-state index in [1.54, 1.807) is 35.3 Å². The lowest BCUT2D eigenvalue weighted by Crippen LogP contribution is -2.12. The van der Waals surface area contributed by atoms with Gasteiger partial charge in [0, 0.05) is 12.6 Å². The number of benzene rings is 2. The molecule has 0 atom stereocenters. The van der Waals surface area contributed by atoms with E-state index in [1.165, 1.54) is 6.07 Å². The van der Waals surface area contributed by atoms with Gasteiger partial charge in [-0.2, -0.15) is 5.10 Å². The van der Waals surface area contributed by atoms with Crippen molar-refractivity contribution in [1.29, 1.82) is 0 Å². The second-order valence-electron chi connectivity index (χ2n) is 5.84. The van der Waals surface area contributed by atoms with E-state index < -0.39 is 5.82 Å². The van der Waals surface area contributed by atoms with Gasteiger partial charge in [-0.3, -0.25) is 9.48 Å². The van der Waals surface area contributed by atoms with Gasteiger partial charge in [-0.15, -0.1) is 0 Å². The van der Waals surface area contributed by atoms with Crippen LogP contribution in [-0.2, 0) is 11.3 Å². The summed E-state index contributed by atoms with van der Waals surface area (Å²) < 4.78 is 20.5. The maximum atomic E-state index is 13.4. The van der Waals surface area contributed by atoms with Crippen LogP contribution in [0.4, 0.5) is 10.1 Å². The first-order valence-electron chi connectivity index (χ1n) is 8.44. The first kappa shape index (κ1) is 17.7. The predicted octanol–water partition coefficient (Wildman–Crippen LogP) is 3.87. The molecule has 0 fully saturated rings. The minimum absolute atomic E-state index is 0.124. The monoisotopic (exact) mass is 353 g/mol. The lowest BCUT2D eigenvalue weighted by Gasteiger charge is -2.07. The maximum absolute atomic E-state index is 13.4. The van der Waals surface area contributed by atoms with Crippen molar-refractivity contribution in [3.8, 4) is 5.75 Å². The average molecular weight is 353 g/mol. The summed E-state index contributed by atoms with van der Waals surface area (Å²) in [5, 5.41) is 7.05. The number of para-hydroxylation sites is 1. The standard InChI is InChI=1S/C20H20FN3O2/c21-18-9-4-5-10-19(18)26-12-6-11-20(25)23-17-13-22-24(15-17)14-16-7-2-1-3-8-16/h1-5,7-10,13,15H,6,11-12,14H2,(H,23,25). The van der Waals surface area contributed by atoms with Crippen LogP contribution in [0.1, 0.15) is 18.4 Å². The number of nitrogens with one attached hydrogen (secondary N) is 1. The zero-order valence-corrected chi connectivity index (χ0v) is 14.3. The second kappa shape index (κ2) is 8.80. The second-order valence-corrected chi connectivity index (χ2v) is 5.84. The largest absolute Gasteiger partial charge is 0.491 e. The minimum atomic E-state index is -0.400. The molecule has 2 aromatic carbocycles. The number of ether oxygens (including phenoxy) is 1. The van der Waals surface area contributed by atoms with Crippen LogP contribution in [0, 0.1) is 5.82 Å². The van der Waals surface area contributed by atoms with E-state index in [2.05, 4.69) is 10.4 Å². The molecule has 0 saturated carbocycles. The van der Waals surface area contributed by atoms with Crippen molar-refractivity contribution >= 4 is 11.6 Å². The Bertz CT molecular complexity index is 849. The van der Waals surface area contributed by atoms with Crippen LogP contribution in [-0.4, -0.2) is 22.3 Å². The van der Waals surface area contributed by atoms with E-state index in [9.17, 15) is 9.18 Å². The Hall–Kier alpha value is -3.15. The minimum Gasteiger partial charge on any atom is -0.491 e. The molecular weight excluding hydrogens is 333 g/mol. The third kappa shape index (κ3) is 5.17. The molecule has 1 amide bonds. The number of rotatable bonds is 8. The number of anilines is 1. The first-order chi connectivity index (χ1) is 12.7. The Kier molecular flexibility index (Phi) is 5.98. The van der Waals surface area contributed by atoms with Gasteiger partial charge < -0.3 is 10.1 Å². The molecule has 26 heavy (non-hydrogen) atoms. The molecule has 0 radical (unpaired) electrons. The highest BCUT2D eigenvalue weighted by Gasteiger charge is 2.06. The van der Waals surface area contributed by atoms with Crippen LogP contribution in [0.15, 0.2) is 67.0 Å². The van der Waals surface area contributed by atoms with E-state index in [-0.39, 0.29) is 24.7 Å². The van der Waals surface area contributed by atoms with Gasteiger partial charge in [-0.25, -0.2) is 4.39 Å². The first-order valence-corrected chi connectivity index (χ1v) is 8.44. The highest BCUT2D eigenvalue weighted by Crippen LogP contribution is 2.15. The normalized spacial score (nSPS) is 10.5. The number of carbonyl (C=O) groups is 1. The van der Waals surface area contributed by atoms with E-state index in [0.29, 0.717) is 18.7 Å². The van der Waals surface area contributed by atoms with Crippen LogP contribution >= 0.6 is 0 Å². The fourth-order valence-electron chi connectivity index (χ4n) is 2.49. The maximum Gasteiger partial charge on any atom is 0.224 e. The van der Waals surface area contributed by atoms with Gasteiger partial charge in [0.05, 0.1) is 25.0 Å². The van der Waals surface area contributed by atoms with Crippen LogP contribution in [0.2, 0.25) is 0 Å². The van der Waals surface area contributed by atoms with Gasteiger partial charge in [-0.1, -0.05) is 42.5 Å². The van der Waals surface area contributed by atoms with Gasteiger partial charge in [0.2, 0.25) is 5.91 Å². The number of carbonyl (C=O) groups excluding carboxylic acids is 1.